The maximum Gasteiger partial charge on any atom is 0.308 e. The molecule has 0 spiro atoms. The Morgan fingerprint density at radius 1 is 0.783 bits per heavy atom. The number of hydrogen-bond donors (Lipinski definition) is 3. The topological polar surface area (TPSA) is 144 Å². The van der Waals surface area contributed by atoms with Gasteiger partial charge in [-0.25, -0.2) is 0 Å². The monoisotopic (exact) mass is 644 g/mol. The average molecular weight is 645 g/mol. The minimum atomic E-state index is -0.963. The van der Waals surface area contributed by atoms with E-state index >= 15 is 0 Å². The number of carbonyl (C=O) groups excluding carboxylic acids is 1. The summed E-state index contributed by atoms with van der Waals surface area (Å²) in [5.41, 5.74) is 4.82. The number of nitrogens with one attached hydrogen (secondary N) is 1. The van der Waals surface area contributed by atoms with Crippen LogP contribution in [0, 0.1) is 17.8 Å². The summed E-state index contributed by atoms with van der Waals surface area (Å²) in [6.07, 6.45) is 2.16. The molecule has 2 rings (SSSR count). The van der Waals surface area contributed by atoms with Gasteiger partial charge in [-0.15, -0.1) is 0 Å². The van der Waals surface area contributed by atoms with Crippen molar-refractivity contribution in [2.24, 2.45) is 17.8 Å². The molecular weight excluding hydrogens is 592 g/mol. The molecule has 46 heavy (non-hydrogen) atoms. The maximum atomic E-state index is 12.3. The molecule has 0 aromatic heterocycles. The highest BCUT2D eigenvalue weighted by atomic mass is 16.7. The SMILES string of the molecule is CCC(c1ccccc1)C(CONCOCCOCOCC(C)N(C=O)C(C(C)C(=O)O)C(CC)c1ccccc1)C(C)C(=O)O. The van der Waals surface area contributed by atoms with Gasteiger partial charge in [0.1, 0.15) is 13.5 Å². The minimum Gasteiger partial charge on any atom is -0.481 e. The number of hydroxylamine groups is 1. The summed E-state index contributed by atoms with van der Waals surface area (Å²) in [7, 11) is 0. The van der Waals surface area contributed by atoms with Crippen molar-refractivity contribution in [1.29, 1.82) is 0 Å². The summed E-state index contributed by atoms with van der Waals surface area (Å²) in [5.74, 6) is -3.56. The smallest absolute Gasteiger partial charge is 0.308 e. The molecule has 1 amide bonds. The molecule has 0 bridgehead atoms. The Morgan fingerprint density at radius 3 is 1.85 bits per heavy atom. The van der Waals surface area contributed by atoms with Gasteiger partial charge in [-0.3, -0.25) is 19.2 Å². The molecule has 0 aliphatic carbocycles. The maximum absolute atomic E-state index is 12.3. The summed E-state index contributed by atoms with van der Waals surface area (Å²) in [6, 6.07) is 18.6. The number of aliphatic carboxylic acids is 2. The number of ether oxygens (including phenoxy) is 3. The number of carboxylic acid groups (broad SMARTS) is 2. The minimum absolute atomic E-state index is 0.0218. The highest BCUT2D eigenvalue weighted by Crippen LogP contribution is 2.34. The van der Waals surface area contributed by atoms with Crippen molar-refractivity contribution in [3.05, 3.63) is 71.8 Å². The number of carbonyl (C=O) groups is 3. The Kier molecular flexibility index (Phi) is 18.1. The quantitative estimate of drug-likeness (QED) is 0.0576. The van der Waals surface area contributed by atoms with E-state index in [2.05, 4.69) is 5.48 Å². The van der Waals surface area contributed by atoms with Gasteiger partial charge in [0.2, 0.25) is 6.41 Å². The standard InChI is InChI=1S/C35H52N2O9/c1-6-30(28-14-10-8-11-15-28)32(26(4)34(39)40)21-46-36-22-43-18-19-44-24-45-20-25(3)37(23-38)33(27(5)35(41)42)31(7-2)29-16-12-9-13-17-29/h8-17,23,25-27,30-33,36H,6-7,18-22,24H2,1-5H3,(H,39,40)(H,41,42). The van der Waals surface area contributed by atoms with Crippen LogP contribution in [0.2, 0.25) is 0 Å². The zero-order valence-electron chi connectivity index (χ0n) is 27.7. The van der Waals surface area contributed by atoms with Crippen LogP contribution in [-0.4, -0.2) is 85.5 Å². The van der Waals surface area contributed by atoms with Crippen molar-refractivity contribution in [2.75, 3.05) is 40.0 Å². The van der Waals surface area contributed by atoms with E-state index in [1.165, 1.54) is 0 Å². The van der Waals surface area contributed by atoms with Crippen LogP contribution in [0.5, 0.6) is 0 Å². The van der Waals surface area contributed by atoms with E-state index in [1.807, 2.05) is 81.4 Å². The summed E-state index contributed by atoms with van der Waals surface area (Å²) >= 11 is 0. The second-order valence-corrected chi connectivity index (χ2v) is 11.6. The molecule has 2 aromatic rings. The van der Waals surface area contributed by atoms with E-state index in [-0.39, 0.29) is 63.7 Å². The van der Waals surface area contributed by atoms with Crippen LogP contribution >= 0.6 is 0 Å². The van der Waals surface area contributed by atoms with E-state index in [9.17, 15) is 24.6 Å². The molecule has 3 N–H and O–H groups in total. The Bertz CT molecular complexity index is 1140. The molecule has 11 heteroatoms. The Balaban J connectivity index is 1.74. The third-order valence-electron chi connectivity index (χ3n) is 8.61. The lowest BCUT2D eigenvalue weighted by molar-refractivity contribution is -0.147. The summed E-state index contributed by atoms with van der Waals surface area (Å²) in [6.45, 7) is 10.2. The van der Waals surface area contributed by atoms with E-state index in [0.29, 0.717) is 12.8 Å². The van der Waals surface area contributed by atoms with Crippen molar-refractivity contribution in [1.82, 2.24) is 10.4 Å². The van der Waals surface area contributed by atoms with Crippen LogP contribution in [0.3, 0.4) is 0 Å². The van der Waals surface area contributed by atoms with Gasteiger partial charge in [0.25, 0.3) is 0 Å². The molecule has 7 unspecified atom stereocenters. The number of nitrogens with zero attached hydrogens (tertiary/aromatic N) is 1. The van der Waals surface area contributed by atoms with E-state index in [1.54, 1.807) is 18.7 Å². The first-order valence-electron chi connectivity index (χ1n) is 16.0. The van der Waals surface area contributed by atoms with Crippen LogP contribution < -0.4 is 5.48 Å². The molecule has 0 saturated heterocycles. The highest BCUT2D eigenvalue weighted by Gasteiger charge is 2.37. The first kappa shape index (κ1) is 38.8. The van der Waals surface area contributed by atoms with Gasteiger partial charge in [0.05, 0.1) is 50.3 Å². The fourth-order valence-electron chi connectivity index (χ4n) is 5.93. The summed E-state index contributed by atoms with van der Waals surface area (Å²) < 4.78 is 16.6. The first-order valence-corrected chi connectivity index (χ1v) is 16.0. The fraction of sp³-hybridized carbons (Fsp3) is 0.571. The summed E-state index contributed by atoms with van der Waals surface area (Å²) in [5, 5.41) is 19.5. The van der Waals surface area contributed by atoms with Crippen LogP contribution in [0.15, 0.2) is 60.7 Å². The number of hydrogen-bond acceptors (Lipinski definition) is 8. The molecule has 2 aromatic carbocycles. The van der Waals surface area contributed by atoms with Gasteiger partial charge in [-0.2, -0.15) is 5.48 Å². The summed E-state index contributed by atoms with van der Waals surface area (Å²) in [4.78, 5) is 43.2. The zero-order valence-corrected chi connectivity index (χ0v) is 27.7. The third kappa shape index (κ3) is 12.1. The second kappa shape index (κ2) is 21.4. The fourth-order valence-corrected chi connectivity index (χ4v) is 5.93. The van der Waals surface area contributed by atoms with Crippen LogP contribution in [0.25, 0.3) is 0 Å². The van der Waals surface area contributed by atoms with E-state index in [0.717, 1.165) is 17.5 Å². The molecule has 0 radical (unpaired) electrons. The number of amides is 1. The van der Waals surface area contributed by atoms with Gasteiger partial charge in [0, 0.05) is 11.8 Å². The average Bonchev–Trinajstić information content (AvgIpc) is 3.06. The van der Waals surface area contributed by atoms with Crippen molar-refractivity contribution in [3.63, 3.8) is 0 Å². The van der Waals surface area contributed by atoms with Crippen molar-refractivity contribution < 1.29 is 43.6 Å². The Labute approximate surface area is 273 Å². The third-order valence-corrected chi connectivity index (χ3v) is 8.61. The lowest BCUT2D eigenvalue weighted by atomic mass is 9.77. The van der Waals surface area contributed by atoms with Gasteiger partial charge < -0.3 is 29.3 Å². The molecule has 0 aliphatic rings. The molecule has 7 atom stereocenters. The van der Waals surface area contributed by atoms with E-state index in [4.69, 9.17) is 19.0 Å². The predicted octanol–water partition coefficient (Wildman–Crippen LogP) is 5.13. The van der Waals surface area contributed by atoms with Gasteiger partial charge in [-0.1, -0.05) is 81.4 Å². The molecule has 11 nitrogen and oxygen atoms in total. The van der Waals surface area contributed by atoms with Crippen molar-refractivity contribution in [3.8, 4) is 0 Å². The zero-order chi connectivity index (χ0) is 33.9. The van der Waals surface area contributed by atoms with Crippen LogP contribution in [-0.2, 0) is 33.4 Å². The van der Waals surface area contributed by atoms with Crippen molar-refractivity contribution in [2.45, 2.75) is 71.4 Å². The Morgan fingerprint density at radius 2 is 1.33 bits per heavy atom. The second-order valence-electron chi connectivity index (χ2n) is 11.6. The molecule has 0 fully saturated rings. The molecule has 0 aliphatic heterocycles. The molecule has 256 valence electrons. The highest BCUT2D eigenvalue weighted by molar-refractivity contribution is 5.71. The largest absolute Gasteiger partial charge is 0.481 e. The van der Waals surface area contributed by atoms with Gasteiger partial charge in [-0.05, 0) is 43.7 Å². The predicted molar refractivity (Wildman–Crippen MR) is 174 cm³/mol. The first-order chi connectivity index (χ1) is 22.2. The lowest BCUT2D eigenvalue weighted by Gasteiger charge is -2.40. The van der Waals surface area contributed by atoms with Crippen LogP contribution in [0.4, 0.5) is 0 Å². The van der Waals surface area contributed by atoms with Crippen molar-refractivity contribution >= 4 is 18.3 Å². The lowest BCUT2D eigenvalue weighted by Crippen LogP contribution is -2.51. The molecule has 0 heterocycles. The molecule has 0 saturated carbocycles. The molecular formula is C35H52N2O9. The normalized spacial score (nSPS) is 16.0. The van der Waals surface area contributed by atoms with E-state index < -0.39 is 29.8 Å². The number of carboxylic acids is 2. The number of rotatable bonds is 25. The Hall–Kier alpha value is -3.35. The van der Waals surface area contributed by atoms with Gasteiger partial charge >= 0.3 is 11.9 Å². The van der Waals surface area contributed by atoms with Crippen LogP contribution in [0.1, 0.15) is 70.4 Å². The number of benzene rings is 2. The van der Waals surface area contributed by atoms with Gasteiger partial charge in [0.15, 0.2) is 0 Å².